The lowest BCUT2D eigenvalue weighted by Crippen LogP contribution is -2.70. The standard InChI is InChI=1S/C33H37FN4O3/c1-4-8-29-33(41)36(18-17-23-11-13-25(34)14-12-23)21-30-37(20-22(2)3)28-16-15-26(19-27(28)32(40)38(29)30)35-31(39)24-9-6-5-7-10-24/h5-7,9-16,19,22,29-30H,4,8,17-18,20-21H2,1-3H3,(H,35,39)/t29-,30+/m1/s1. The van der Waals surface area contributed by atoms with Crippen LogP contribution in [0, 0.1) is 11.7 Å². The van der Waals surface area contributed by atoms with Crippen LogP contribution in [0.3, 0.4) is 0 Å². The number of fused-ring (bicyclic) bond motifs is 2. The minimum atomic E-state index is -0.579. The maximum Gasteiger partial charge on any atom is 0.258 e. The predicted molar refractivity (Wildman–Crippen MR) is 158 cm³/mol. The van der Waals surface area contributed by atoms with Gasteiger partial charge in [0.2, 0.25) is 5.91 Å². The van der Waals surface area contributed by atoms with Crippen molar-refractivity contribution in [3.05, 3.63) is 95.3 Å². The van der Waals surface area contributed by atoms with Gasteiger partial charge in [-0.15, -0.1) is 0 Å². The number of carbonyl (C=O) groups is 3. The SMILES string of the molecule is CCC[C@@H]1C(=O)N(CCc2ccc(F)cc2)C[C@H]2N(CC(C)C)c3ccc(NC(=O)c4ccccc4)cc3C(=O)N12. The highest BCUT2D eigenvalue weighted by Crippen LogP contribution is 2.38. The predicted octanol–water partition coefficient (Wildman–Crippen LogP) is 5.58. The largest absolute Gasteiger partial charge is 0.349 e. The van der Waals surface area contributed by atoms with Crippen LogP contribution in [0.5, 0.6) is 0 Å². The van der Waals surface area contributed by atoms with E-state index in [4.69, 9.17) is 0 Å². The van der Waals surface area contributed by atoms with Crippen molar-refractivity contribution < 1.29 is 18.8 Å². The highest BCUT2D eigenvalue weighted by molar-refractivity contribution is 6.08. The van der Waals surface area contributed by atoms with Crippen LogP contribution in [-0.4, -0.2) is 59.4 Å². The van der Waals surface area contributed by atoms with E-state index >= 15 is 0 Å². The smallest absolute Gasteiger partial charge is 0.258 e. The molecule has 0 bridgehead atoms. The van der Waals surface area contributed by atoms with Gasteiger partial charge in [-0.05, 0) is 66.8 Å². The summed E-state index contributed by atoms with van der Waals surface area (Å²) in [7, 11) is 0. The molecule has 1 saturated heterocycles. The number of amides is 3. The molecule has 0 unspecified atom stereocenters. The second kappa shape index (κ2) is 12.1. The molecule has 0 saturated carbocycles. The van der Waals surface area contributed by atoms with E-state index in [9.17, 15) is 18.8 Å². The second-order valence-corrected chi connectivity index (χ2v) is 11.3. The summed E-state index contributed by atoms with van der Waals surface area (Å²) in [6.07, 6.45) is 1.62. The van der Waals surface area contributed by atoms with Crippen LogP contribution in [0.2, 0.25) is 0 Å². The maximum atomic E-state index is 14.1. The molecule has 8 heteroatoms. The number of benzene rings is 3. The van der Waals surface area contributed by atoms with Crippen LogP contribution in [-0.2, 0) is 11.2 Å². The van der Waals surface area contributed by atoms with Crippen LogP contribution < -0.4 is 10.2 Å². The summed E-state index contributed by atoms with van der Waals surface area (Å²) < 4.78 is 13.4. The highest BCUT2D eigenvalue weighted by Gasteiger charge is 2.48. The molecule has 2 aliphatic heterocycles. The summed E-state index contributed by atoms with van der Waals surface area (Å²) in [6.45, 7) is 7.89. The fraction of sp³-hybridized carbons (Fsp3) is 0.364. The zero-order valence-corrected chi connectivity index (χ0v) is 23.8. The fourth-order valence-corrected chi connectivity index (χ4v) is 5.83. The van der Waals surface area contributed by atoms with Gasteiger partial charge < -0.3 is 20.0 Å². The summed E-state index contributed by atoms with van der Waals surface area (Å²) in [5, 5.41) is 2.92. The van der Waals surface area contributed by atoms with E-state index in [-0.39, 0.29) is 29.7 Å². The van der Waals surface area contributed by atoms with Crippen molar-refractivity contribution in [3.8, 4) is 0 Å². The van der Waals surface area contributed by atoms with E-state index in [1.165, 1.54) is 12.1 Å². The molecule has 3 aromatic carbocycles. The third-order valence-corrected chi connectivity index (χ3v) is 7.77. The van der Waals surface area contributed by atoms with Crippen molar-refractivity contribution in [2.75, 3.05) is 29.9 Å². The zero-order valence-electron chi connectivity index (χ0n) is 23.8. The molecule has 7 nitrogen and oxygen atoms in total. The van der Waals surface area contributed by atoms with E-state index in [1.807, 2.05) is 30.0 Å². The number of nitrogens with zero attached hydrogens (tertiary/aromatic N) is 3. The topological polar surface area (TPSA) is 73.0 Å². The number of halogens is 1. The number of carbonyl (C=O) groups excluding carboxylic acids is 3. The fourth-order valence-electron chi connectivity index (χ4n) is 5.83. The lowest BCUT2D eigenvalue weighted by Gasteiger charge is -2.54. The minimum Gasteiger partial charge on any atom is -0.349 e. The molecule has 0 radical (unpaired) electrons. The number of rotatable bonds is 9. The molecule has 2 heterocycles. The summed E-state index contributed by atoms with van der Waals surface area (Å²) in [5.41, 5.74) is 3.32. The van der Waals surface area contributed by atoms with E-state index in [1.54, 1.807) is 47.4 Å². The van der Waals surface area contributed by atoms with Crippen molar-refractivity contribution >= 4 is 29.1 Å². The molecule has 0 aromatic heterocycles. The van der Waals surface area contributed by atoms with Gasteiger partial charge in [0.25, 0.3) is 11.8 Å². The van der Waals surface area contributed by atoms with E-state index in [0.29, 0.717) is 55.2 Å². The van der Waals surface area contributed by atoms with Crippen molar-refractivity contribution in [2.24, 2.45) is 5.92 Å². The van der Waals surface area contributed by atoms with Crippen molar-refractivity contribution in [1.82, 2.24) is 9.80 Å². The third kappa shape index (κ3) is 5.97. The Morgan fingerprint density at radius 3 is 2.44 bits per heavy atom. The molecule has 3 amide bonds. The average molecular weight is 557 g/mol. The van der Waals surface area contributed by atoms with Gasteiger partial charge in [0, 0.05) is 24.3 Å². The molecule has 1 fully saturated rings. The average Bonchev–Trinajstić information content (AvgIpc) is 2.97. The van der Waals surface area contributed by atoms with Crippen LogP contribution in [0.25, 0.3) is 0 Å². The van der Waals surface area contributed by atoms with Crippen molar-refractivity contribution in [2.45, 2.75) is 52.2 Å². The Morgan fingerprint density at radius 2 is 1.76 bits per heavy atom. The first-order chi connectivity index (χ1) is 19.8. The van der Waals surface area contributed by atoms with Crippen molar-refractivity contribution in [3.63, 3.8) is 0 Å². The van der Waals surface area contributed by atoms with Gasteiger partial charge in [-0.25, -0.2) is 4.39 Å². The molecule has 0 spiro atoms. The highest BCUT2D eigenvalue weighted by atomic mass is 19.1. The zero-order chi connectivity index (χ0) is 29.1. The van der Waals surface area contributed by atoms with Crippen molar-refractivity contribution in [1.29, 1.82) is 0 Å². The van der Waals surface area contributed by atoms with Crippen LogP contribution >= 0.6 is 0 Å². The first-order valence-corrected chi connectivity index (χ1v) is 14.4. The Balaban J connectivity index is 1.46. The van der Waals surface area contributed by atoms with Crippen LogP contribution in [0.15, 0.2) is 72.8 Å². The summed E-state index contributed by atoms with van der Waals surface area (Å²) >= 11 is 0. The molecular formula is C33H37FN4O3. The lowest BCUT2D eigenvalue weighted by atomic mass is 9.95. The number of hydrogen-bond donors (Lipinski definition) is 1. The number of hydrogen-bond acceptors (Lipinski definition) is 4. The molecule has 2 atom stereocenters. The van der Waals surface area contributed by atoms with Gasteiger partial charge in [0.05, 0.1) is 17.8 Å². The second-order valence-electron chi connectivity index (χ2n) is 11.3. The van der Waals surface area contributed by atoms with Gasteiger partial charge in [-0.2, -0.15) is 0 Å². The molecular weight excluding hydrogens is 519 g/mol. The Labute approximate surface area is 240 Å². The first-order valence-electron chi connectivity index (χ1n) is 14.4. The molecule has 3 aromatic rings. The summed E-state index contributed by atoms with van der Waals surface area (Å²) in [5.74, 6) is -0.469. The normalized spacial score (nSPS) is 18.4. The molecule has 0 aliphatic carbocycles. The molecule has 1 N–H and O–H groups in total. The Hall–Kier alpha value is -4.20. The van der Waals surface area contributed by atoms with E-state index in [2.05, 4.69) is 24.1 Å². The Morgan fingerprint density at radius 1 is 1.02 bits per heavy atom. The van der Waals surface area contributed by atoms with Gasteiger partial charge in [0.15, 0.2) is 0 Å². The quantitative estimate of drug-likeness (QED) is 0.374. The number of piperazine rings is 1. The summed E-state index contributed by atoms with van der Waals surface area (Å²) in [4.78, 5) is 46.6. The first kappa shape index (κ1) is 28.3. The van der Waals surface area contributed by atoms with Gasteiger partial charge in [-0.1, -0.05) is 57.5 Å². The Kier molecular flexibility index (Phi) is 8.38. The molecule has 2 aliphatic rings. The minimum absolute atomic E-state index is 0.0555. The van der Waals surface area contributed by atoms with Crippen LogP contribution in [0.4, 0.5) is 15.8 Å². The van der Waals surface area contributed by atoms with E-state index in [0.717, 1.165) is 17.7 Å². The van der Waals surface area contributed by atoms with E-state index < -0.39 is 6.04 Å². The Bertz CT molecular complexity index is 1410. The number of nitrogens with one attached hydrogen (secondary N) is 1. The maximum absolute atomic E-state index is 14.1. The number of anilines is 2. The van der Waals surface area contributed by atoms with Gasteiger partial charge in [-0.3, -0.25) is 14.4 Å². The lowest BCUT2D eigenvalue weighted by molar-refractivity contribution is -0.143. The molecule has 41 heavy (non-hydrogen) atoms. The third-order valence-electron chi connectivity index (χ3n) is 7.77. The molecule has 5 rings (SSSR count). The molecule has 214 valence electrons. The van der Waals surface area contributed by atoms with Crippen LogP contribution in [0.1, 0.15) is 59.9 Å². The van der Waals surface area contributed by atoms with Gasteiger partial charge in [0.1, 0.15) is 18.0 Å². The monoisotopic (exact) mass is 556 g/mol. The summed E-state index contributed by atoms with van der Waals surface area (Å²) in [6, 6.07) is 20.2. The van der Waals surface area contributed by atoms with Gasteiger partial charge >= 0.3 is 0 Å².